The molecule has 2 N–H and O–H groups in total. The molecule has 2 aromatic rings. The Kier molecular flexibility index (Phi) is 5.20. The standard InChI is InChI=1S/C19H21N3O4S/c1-12-8-16-19(24)21-15-9-13(2-3-17(15)27-22(16)10-12)18(23)20-5-4-14-11-25-6-7-26-14/h2-3,8-10,14H,4-7,11H2,1H3,(H,20,23)(H,21,24)/t14-/m0/s1. The maximum Gasteiger partial charge on any atom is 0.273 e. The third-order valence-electron chi connectivity index (χ3n) is 4.48. The lowest BCUT2D eigenvalue weighted by Gasteiger charge is -2.22. The maximum atomic E-state index is 12.4. The van der Waals surface area contributed by atoms with E-state index in [0.717, 1.165) is 10.5 Å². The molecule has 27 heavy (non-hydrogen) atoms. The summed E-state index contributed by atoms with van der Waals surface area (Å²) >= 11 is 1.46. The summed E-state index contributed by atoms with van der Waals surface area (Å²) in [5.41, 5.74) is 2.77. The molecule has 0 saturated carbocycles. The Morgan fingerprint density at radius 1 is 1.37 bits per heavy atom. The summed E-state index contributed by atoms with van der Waals surface area (Å²) < 4.78 is 12.8. The van der Waals surface area contributed by atoms with Crippen LogP contribution in [0.1, 0.15) is 32.8 Å². The Bertz CT molecular complexity index is 874. The summed E-state index contributed by atoms with van der Waals surface area (Å²) in [6.07, 6.45) is 2.66. The second-order valence-electron chi connectivity index (χ2n) is 6.60. The van der Waals surface area contributed by atoms with Gasteiger partial charge in [-0.15, -0.1) is 0 Å². The van der Waals surface area contributed by atoms with Gasteiger partial charge < -0.3 is 20.1 Å². The molecular formula is C19H21N3O4S. The molecule has 1 aromatic carbocycles. The van der Waals surface area contributed by atoms with Crippen LogP contribution in [0.5, 0.6) is 0 Å². The number of anilines is 1. The number of carbonyl (C=O) groups excluding carboxylic acids is 2. The molecule has 2 aliphatic rings. The van der Waals surface area contributed by atoms with E-state index >= 15 is 0 Å². The van der Waals surface area contributed by atoms with Gasteiger partial charge in [0.25, 0.3) is 11.8 Å². The predicted octanol–water partition coefficient (Wildman–Crippen LogP) is 2.45. The van der Waals surface area contributed by atoms with Crippen LogP contribution in [0.4, 0.5) is 5.69 Å². The summed E-state index contributed by atoms with van der Waals surface area (Å²) in [5, 5.41) is 5.80. The summed E-state index contributed by atoms with van der Waals surface area (Å²) in [6.45, 7) is 4.26. The van der Waals surface area contributed by atoms with Crippen LogP contribution >= 0.6 is 11.9 Å². The van der Waals surface area contributed by atoms with Gasteiger partial charge in [-0.05, 0) is 55.1 Å². The average Bonchev–Trinajstić information content (AvgIpc) is 2.98. The lowest BCUT2D eigenvalue weighted by atomic mass is 10.1. The number of ether oxygens (including phenoxy) is 2. The molecule has 2 aliphatic heterocycles. The Balaban J connectivity index is 1.42. The lowest BCUT2D eigenvalue weighted by molar-refractivity contribution is -0.0899. The molecule has 1 aromatic heterocycles. The van der Waals surface area contributed by atoms with Gasteiger partial charge in [0, 0.05) is 18.3 Å². The number of amides is 2. The quantitative estimate of drug-likeness (QED) is 0.842. The first kappa shape index (κ1) is 18.1. The van der Waals surface area contributed by atoms with Crippen molar-refractivity contribution in [2.75, 3.05) is 31.7 Å². The van der Waals surface area contributed by atoms with Gasteiger partial charge in [0.05, 0.1) is 36.5 Å². The van der Waals surface area contributed by atoms with Gasteiger partial charge in [-0.25, -0.2) is 0 Å². The van der Waals surface area contributed by atoms with Crippen LogP contribution in [0.15, 0.2) is 35.4 Å². The third kappa shape index (κ3) is 4.02. The Labute approximate surface area is 161 Å². The second kappa shape index (κ2) is 7.75. The fourth-order valence-corrected chi connectivity index (χ4v) is 4.11. The monoisotopic (exact) mass is 387 g/mol. The summed E-state index contributed by atoms with van der Waals surface area (Å²) in [6, 6.07) is 7.20. The molecule has 2 amide bonds. The third-order valence-corrected chi connectivity index (χ3v) is 5.53. The van der Waals surface area contributed by atoms with Gasteiger partial charge in [0.1, 0.15) is 5.69 Å². The highest BCUT2D eigenvalue weighted by Gasteiger charge is 2.22. The number of nitrogens with one attached hydrogen (secondary N) is 2. The minimum atomic E-state index is -0.179. The number of fused-ring (bicyclic) bond motifs is 2. The van der Waals surface area contributed by atoms with Crippen LogP contribution < -0.4 is 10.6 Å². The largest absolute Gasteiger partial charge is 0.376 e. The molecule has 0 aliphatic carbocycles. The van der Waals surface area contributed by atoms with E-state index in [1.807, 2.05) is 29.2 Å². The van der Waals surface area contributed by atoms with Crippen molar-refractivity contribution >= 4 is 29.4 Å². The maximum absolute atomic E-state index is 12.4. The number of nitrogens with zero attached hydrogens (tertiary/aromatic N) is 1. The first-order chi connectivity index (χ1) is 13.1. The minimum Gasteiger partial charge on any atom is -0.376 e. The normalized spacial score (nSPS) is 18.9. The SMILES string of the molecule is Cc1cc2n(c1)Sc1ccc(C(=O)NCC[C@H]3COCCO3)cc1NC2=O. The highest BCUT2D eigenvalue weighted by Crippen LogP contribution is 2.34. The number of carbonyl (C=O) groups is 2. The minimum absolute atomic E-state index is 0.0278. The topological polar surface area (TPSA) is 81.6 Å². The molecule has 0 spiro atoms. The first-order valence-corrected chi connectivity index (χ1v) is 9.68. The van der Waals surface area contributed by atoms with Crippen molar-refractivity contribution in [1.82, 2.24) is 9.29 Å². The number of hydrogen-bond acceptors (Lipinski definition) is 5. The van der Waals surface area contributed by atoms with Crippen LogP contribution in [-0.4, -0.2) is 48.3 Å². The number of rotatable bonds is 4. The van der Waals surface area contributed by atoms with E-state index in [1.54, 1.807) is 12.1 Å². The van der Waals surface area contributed by atoms with Gasteiger partial charge in [-0.3, -0.25) is 13.6 Å². The van der Waals surface area contributed by atoms with Gasteiger partial charge in [0.2, 0.25) is 0 Å². The van der Waals surface area contributed by atoms with Crippen LogP contribution in [0.25, 0.3) is 0 Å². The predicted molar refractivity (Wildman–Crippen MR) is 102 cm³/mol. The fourth-order valence-electron chi connectivity index (χ4n) is 3.11. The molecule has 1 fully saturated rings. The van der Waals surface area contributed by atoms with E-state index in [9.17, 15) is 9.59 Å². The van der Waals surface area contributed by atoms with E-state index in [1.165, 1.54) is 11.9 Å². The zero-order valence-electron chi connectivity index (χ0n) is 15.0. The molecule has 3 heterocycles. The van der Waals surface area contributed by atoms with Crippen molar-refractivity contribution in [1.29, 1.82) is 0 Å². The zero-order chi connectivity index (χ0) is 18.8. The van der Waals surface area contributed by atoms with Crippen molar-refractivity contribution in [3.63, 3.8) is 0 Å². The van der Waals surface area contributed by atoms with Crippen molar-refractivity contribution in [2.24, 2.45) is 0 Å². The summed E-state index contributed by atoms with van der Waals surface area (Å²) in [7, 11) is 0. The van der Waals surface area contributed by atoms with Crippen LogP contribution in [0.2, 0.25) is 0 Å². The average molecular weight is 387 g/mol. The van der Waals surface area contributed by atoms with E-state index in [-0.39, 0.29) is 17.9 Å². The molecular weight excluding hydrogens is 366 g/mol. The number of hydrogen-bond donors (Lipinski definition) is 2. The Morgan fingerprint density at radius 2 is 2.26 bits per heavy atom. The fraction of sp³-hybridized carbons (Fsp3) is 0.368. The molecule has 0 bridgehead atoms. The van der Waals surface area contributed by atoms with Gasteiger partial charge >= 0.3 is 0 Å². The highest BCUT2D eigenvalue weighted by molar-refractivity contribution is 7.98. The van der Waals surface area contributed by atoms with Crippen molar-refractivity contribution in [3.05, 3.63) is 47.3 Å². The first-order valence-electron chi connectivity index (χ1n) is 8.90. The van der Waals surface area contributed by atoms with E-state index in [4.69, 9.17) is 9.47 Å². The van der Waals surface area contributed by atoms with Gasteiger partial charge in [-0.2, -0.15) is 0 Å². The van der Waals surface area contributed by atoms with Crippen molar-refractivity contribution in [2.45, 2.75) is 24.3 Å². The smallest absolute Gasteiger partial charge is 0.273 e. The van der Waals surface area contributed by atoms with E-state index in [2.05, 4.69) is 10.6 Å². The molecule has 0 radical (unpaired) electrons. The lowest BCUT2D eigenvalue weighted by Crippen LogP contribution is -2.33. The summed E-state index contributed by atoms with van der Waals surface area (Å²) in [4.78, 5) is 25.8. The number of aromatic nitrogens is 1. The molecule has 4 rings (SSSR count). The molecule has 142 valence electrons. The molecule has 0 unspecified atom stereocenters. The highest BCUT2D eigenvalue weighted by atomic mass is 32.2. The zero-order valence-corrected chi connectivity index (χ0v) is 15.8. The molecule has 7 nitrogen and oxygen atoms in total. The van der Waals surface area contributed by atoms with Crippen LogP contribution in [0, 0.1) is 6.92 Å². The van der Waals surface area contributed by atoms with Crippen LogP contribution in [-0.2, 0) is 9.47 Å². The number of benzene rings is 1. The van der Waals surface area contributed by atoms with Crippen molar-refractivity contribution < 1.29 is 19.1 Å². The van der Waals surface area contributed by atoms with Crippen molar-refractivity contribution in [3.8, 4) is 0 Å². The molecule has 8 heteroatoms. The van der Waals surface area contributed by atoms with Crippen LogP contribution in [0.3, 0.4) is 0 Å². The van der Waals surface area contributed by atoms with Gasteiger partial charge in [-0.1, -0.05) is 0 Å². The Morgan fingerprint density at radius 3 is 3.07 bits per heavy atom. The van der Waals surface area contributed by atoms with Gasteiger partial charge in [0.15, 0.2) is 0 Å². The van der Waals surface area contributed by atoms with E-state index in [0.29, 0.717) is 49.7 Å². The Hall–Kier alpha value is -2.29. The number of aryl methyl sites for hydroxylation is 1. The second-order valence-corrected chi connectivity index (χ2v) is 7.61. The molecule has 1 saturated heterocycles. The molecule has 1 atom stereocenters. The summed E-state index contributed by atoms with van der Waals surface area (Å²) in [5.74, 6) is -0.352. The van der Waals surface area contributed by atoms with E-state index < -0.39 is 0 Å².